The van der Waals surface area contributed by atoms with Crippen LogP contribution in [-0.2, 0) is 9.47 Å². The molecule has 1 spiro atoms. The Kier molecular flexibility index (Phi) is 3.65. The van der Waals surface area contributed by atoms with Gasteiger partial charge in [-0.05, 0) is 33.1 Å². The lowest BCUT2D eigenvalue weighted by atomic mass is 9.94. The zero-order valence-electron chi connectivity index (χ0n) is 10.00. The molecule has 0 radical (unpaired) electrons. The number of hydrogen-bond donors (Lipinski definition) is 0. The van der Waals surface area contributed by atoms with Gasteiger partial charge in [0.15, 0.2) is 0 Å². The van der Waals surface area contributed by atoms with Gasteiger partial charge >= 0.3 is 0 Å². The molecular formula is C12H23NO2. The molecule has 2 fully saturated rings. The summed E-state index contributed by atoms with van der Waals surface area (Å²) in [5.74, 6) is 0. The smallest absolute Gasteiger partial charge is 0.104 e. The zero-order valence-corrected chi connectivity index (χ0v) is 10.00. The Morgan fingerprint density at radius 3 is 2.73 bits per heavy atom. The minimum Gasteiger partial charge on any atom is -0.377 e. The fourth-order valence-electron chi connectivity index (χ4n) is 2.52. The summed E-state index contributed by atoms with van der Waals surface area (Å²) in [6.45, 7) is 9.14. The van der Waals surface area contributed by atoms with Crippen LogP contribution in [0.4, 0.5) is 0 Å². The van der Waals surface area contributed by atoms with Crippen LogP contribution in [-0.4, -0.2) is 49.5 Å². The lowest BCUT2D eigenvalue weighted by Crippen LogP contribution is -2.50. The van der Waals surface area contributed by atoms with Crippen LogP contribution in [0.1, 0.15) is 33.1 Å². The summed E-state index contributed by atoms with van der Waals surface area (Å²) in [6, 6.07) is 0.592. The largest absolute Gasteiger partial charge is 0.377 e. The standard InChI is InChI=1S/C12H23NO2/c1-11(2)13-6-8-14-10-12(9-13)5-3-4-7-15-12/h11H,3-10H2,1-2H3. The van der Waals surface area contributed by atoms with Gasteiger partial charge in [-0.15, -0.1) is 0 Å². The Bertz CT molecular complexity index is 200. The van der Waals surface area contributed by atoms with E-state index < -0.39 is 0 Å². The summed E-state index contributed by atoms with van der Waals surface area (Å²) >= 11 is 0. The molecular weight excluding hydrogens is 190 g/mol. The second-order valence-electron chi connectivity index (χ2n) is 5.11. The van der Waals surface area contributed by atoms with Gasteiger partial charge in [0.05, 0.1) is 13.2 Å². The molecule has 2 saturated heterocycles. The summed E-state index contributed by atoms with van der Waals surface area (Å²) in [7, 11) is 0. The van der Waals surface area contributed by atoms with E-state index in [1.807, 2.05) is 0 Å². The van der Waals surface area contributed by atoms with E-state index in [0.29, 0.717) is 6.04 Å². The van der Waals surface area contributed by atoms with Crippen molar-refractivity contribution in [2.75, 3.05) is 32.9 Å². The summed E-state index contributed by atoms with van der Waals surface area (Å²) < 4.78 is 11.7. The maximum absolute atomic E-state index is 6.00. The van der Waals surface area contributed by atoms with E-state index in [-0.39, 0.29) is 5.60 Å². The van der Waals surface area contributed by atoms with Gasteiger partial charge in [-0.3, -0.25) is 4.90 Å². The molecule has 0 bridgehead atoms. The molecule has 2 aliphatic heterocycles. The number of nitrogens with zero attached hydrogens (tertiary/aromatic N) is 1. The lowest BCUT2D eigenvalue weighted by Gasteiger charge is -2.39. The molecule has 0 saturated carbocycles. The van der Waals surface area contributed by atoms with Gasteiger partial charge in [-0.2, -0.15) is 0 Å². The van der Waals surface area contributed by atoms with Gasteiger partial charge in [-0.25, -0.2) is 0 Å². The van der Waals surface area contributed by atoms with Gasteiger partial charge in [0.25, 0.3) is 0 Å². The second kappa shape index (κ2) is 4.81. The second-order valence-corrected chi connectivity index (χ2v) is 5.11. The summed E-state index contributed by atoms with van der Waals surface area (Å²) in [6.07, 6.45) is 3.66. The van der Waals surface area contributed by atoms with Crippen molar-refractivity contribution >= 4 is 0 Å². The molecule has 88 valence electrons. The van der Waals surface area contributed by atoms with Crippen LogP contribution in [0.2, 0.25) is 0 Å². The molecule has 2 aliphatic rings. The maximum Gasteiger partial charge on any atom is 0.104 e. The Morgan fingerprint density at radius 1 is 1.20 bits per heavy atom. The summed E-state index contributed by atoms with van der Waals surface area (Å²) in [5.41, 5.74) is -0.000972. The van der Waals surface area contributed by atoms with Crippen LogP contribution in [0.3, 0.4) is 0 Å². The van der Waals surface area contributed by atoms with Crippen molar-refractivity contribution in [3.8, 4) is 0 Å². The predicted molar refractivity (Wildman–Crippen MR) is 60.1 cm³/mol. The van der Waals surface area contributed by atoms with Crippen LogP contribution in [0.15, 0.2) is 0 Å². The third-order valence-electron chi connectivity index (χ3n) is 3.54. The van der Waals surface area contributed by atoms with E-state index >= 15 is 0 Å². The highest BCUT2D eigenvalue weighted by Gasteiger charge is 2.37. The van der Waals surface area contributed by atoms with Crippen molar-refractivity contribution in [1.29, 1.82) is 0 Å². The van der Waals surface area contributed by atoms with Crippen LogP contribution < -0.4 is 0 Å². The highest BCUT2D eigenvalue weighted by molar-refractivity contribution is 4.89. The Morgan fingerprint density at radius 2 is 2.07 bits per heavy atom. The average molecular weight is 213 g/mol. The van der Waals surface area contributed by atoms with Crippen molar-refractivity contribution in [3.63, 3.8) is 0 Å². The van der Waals surface area contributed by atoms with Gasteiger partial charge in [0, 0.05) is 25.7 Å². The Labute approximate surface area is 92.7 Å². The minimum absolute atomic E-state index is 0.000972. The van der Waals surface area contributed by atoms with E-state index in [2.05, 4.69) is 18.7 Å². The van der Waals surface area contributed by atoms with Crippen LogP contribution in [0, 0.1) is 0 Å². The first-order valence-corrected chi connectivity index (χ1v) is 6.18. The molecule has 0 N–H and O–H groups in total. The van der Waals surface area contributed by atoms with Crippen LogP contribution >= 0.6 is 0 Å². The Balaban J connectivity index is 2.02. The molecule has 0 amide bonds. The van der Waals surface area contributed by atoms with Gasteiger partial charge < -0.3 is 9.47 Å². The summed E-state index contributed by atoms with van der Waals surface area (Å²) in [4.78, 5) is 2.48. The van der Waals surface area contributed by atoms with E-state index in [4.69, 9.17) is 9.47 Å². The Hall–Kier alpha value is -0.120. The molecule has 0 aliphatic carbocycles. The molecule has 3 heteroatoms. The van der Waals surface area contributed by atoms with Crippen molar-refractivity contribution in [2.24, 2.45) is 0 Å². The van der Waals surface area contributed by atoms with E-state index in [9.17, 15) is 0 Å². The van der Waals surface area contributed by atoms with Crippen LogP contribution in [0.25, 0.3) is 0 Å². The quantitative estimate of drug-likeness (QED) is 0.661. The fraction of sp³-hybridized carbons (Fsp3) is 1.00. The van der Waals surface area contributed by atoms with Crippen molar-refractivity contribution in [3.05, 3.63) is 0 Å². The van der Waals surface area contributed by atoms with Crippen molar-refractivity contribution < 1.29 is 9.47 Å². The first-order chi connectivity index (χ1) is 7.22. The third-order valence-corrected chi connectivity index (χ3v) is 3.54. The molecule has 1 atom stereocenters. The third kappa shape index (κ3) is 2.71. The minimum atomic E-state index is -0.000972. The maximum atomic E-state index is 6.00. The molecule has 0 aromatic heterocycles. The van der Waals surface area contributed by atoms with Crippen LogP contribution in [0.5, 0.6) is 0 Å². The fourth-order valence-corrected chi connectivity index (χ4v) is 2.52. The highest BCUT2D eigenvalue weighted by atomic mass is 16.5. The van der Waals surface area contributed by atoms with Gasteiger partial charge in [0.1, 0.15) is 5.60 Å². The van der Waals surface area contributed by atoms with E-state index in [1.54, 1.807) is 0 Å². The molecule has 15 heavy (non-hydrogen) atoms. The topological polar surface area (TPSA) is 21.7 Å². The lowest BCUT2D eigenvalue weighted by molar-refractivity contribution is -0.120. The molecule has 2 rings (SSSR count). The van der Waals surface area contributed by atoms with Crippen molar-refractivity contribution in [1.82, 2.24) is 4.90 Å². The monoisotopic (exact) mass is 213 g/mol. The van der Waals surface area contributed by atoms with Crippen molar-refractivity contribution in [2.45, 2.75) is 44.8 Å². The molecule has 0 aromatic rings. The van der Waals surface area contributed by atoms with Gasteiger partial charge in [-0.1, -0.05) is 0 Å². The first kappa shape index (κ1) is 11.4. The molecule has 2 heterocycles. The van der Waals surface area contributed by atoms with E-state index in [0.717, 1.165) is 39.3 Å². The average Bonchev–Trinajstić information content (AvgIpc) is 2.43. The van der Waals surface area contributed by atoms with Gasteiger partial charge in [0.2, 0.25) is 0 Å². The molecule has 3 nitrogen and oxygen atoms in total. The predicted octanol–water partition coefficient (Wildman–Crippen LogP) is 1.67. The number of ether oxygens (including phenoxy) is 2. The molecule has 1 unspecified atom stereocenters. The zero-order chi connectivity index (χ0) is 10.7. The summed E-state index contributed by atoms with van der Waals surface area (Å²) in [5, 5.41) is 0. The normalized spacial score (nSPS) is 34.6. The number of hydrogen-bond acceptors (Lipinski definition) is 3. The first-order valence-electron chi connectivity index (χ1n) is 6.18. The number of rotatable bonds is 1. The SMILES string of the molecule is CC(C)N1CCOCC2(CCCCO2)C1. The van der Waals surface area contributed by atoms with E-state index in [1.165, 1.54) is 12.8 Å². The highest BCUT2D eigenvalue weighted by Crippen LogP contribution is 2.28. The molecule has 0 aromatic carbocycles.